The molecule has 1 aromatic carbocycles. The predicted molar refractivity (Wildman–Crippen MR) is 82.2 cm³/mol. The summed E-state index contributed by atoms with van der Waals surface area (Å²) in [6.07, 6.45) is 4.03. The minimum absolute atomic E-state index is 0.248. The summed E-state index contributed by atoms with van der Waals surface area (Å²) in [7, 11) is 0. The smallest absolute Gasteiger partial charge is 0.283 e. The highest BCUT2D eigenvalue weighted by atomic mass is 79.9. The Labute approximate surface area is 124 Å². The summed E-state index contributed by atoms with van der Waals surface area (Å²) in [5.74, 6) is 0.248. The van der Waals surface area contributed by atoms with E-state index >= 15 is 0 Å². The van der Waals surface area contributed by atoms with Crippen molar-refractivity contribution < 1.29 is 10.5 Å². The summed E-state index contributed by atoms with van der Waals surface area (Å²) in [5, 5.41) is 15.4. The highest BCUT2D eigenvalue weighted by molar-refractivity contribution is 9.09. The fourth-order valence-corrected chi connectivity index (χ4v) is 4.54. The standard InChI is InChI=1S/C13H14BrN3OS/c14-9-5-6-10-12(9)19-13(16-10)17-15-7-8-3-1-2-4-11(8)18/h1-4,7,9-10,12,18H,5-6H2,(H,16,17)/p+1/b15-7+. The number of para-hydroxylation sites is 1. The number of thioether (sulfide) groups is 1. The molecule has 3 atom stereocenters. The minimum atomic E-state index is 0.248. The third-order valence-corrected chi connectivity index (χ3v) is 6.10. The summed E-state index contributed by atoms with van der Waals surface area (Å²) in [6.45, 7) is 0. The number of nitrogens with two attached hydrogens (primary N) is 1. The van der Waals surface area contributed by atoms with Gasteiger partial charge in [0.25, 0.3) is 5.17 Å². The van der Waals surface area contributed by atoms with Crippen LogP contribution in [-0.2, 0) is 0 Å². The number of phenolic OH excluding ortho intramolecular Hbond substituents is 1. The van der Waals surface area contributed by atoms with Crippen LogP contribution in [0.4, 0.5) is 0 Å². The Morgan fingerprint density at radius 1 is 1.42 bits per heavy atom. The molecule has 2 aliphatic rings. The van der Waals surface area contributed by atoms with E-state index in [1.54, 1.807) is 35.5 Å². The van der Waals surface area contributed by atoms with Crippen molar-refractivity contribution in [2.75, 3.05) is 0 Å². The number of rotatable bonds is 2. The lowest BCUT2D eigenvalue weighted by atomic mass is 10.2. The molecule has 1 fully saturated rings. The molecule has 4 nitrogen and oxygen atoms in total. The lowest BCUT2D eigenvalue weighted by molar-refractivity contribution is -0.539. The minimum Gasteiger partial charge on any atom is -0.507 e. The van der Waals surface area contributed by atoms with Gasteiger partial charge in [0.05, 0.1) is 17.5 Å². The quantitative estimate of drug-likeness (QED) is 0.372. The second kappa shape index (κ2) is 5.64. The molecular weight excluding hydrogens is 326 g/mol. The normalized spacial score (nSPS) is 29.7. The van der Waals surface area contributed by atoms with Gasteiger partial charge in [-0.05, 0) is 36.7 Å². The molecule has 0 spiro atoms. The topological polar surface area (TPSA) is 61.6 Å². The lowest BCUT2D eigenvalue weighted by Crippen LogP contribution is -2.81. The number of phenols is 1. The molecule has 0 aromatic heterocycles. The average Bonchev–Trinajstić information content (AvgIpc) is 2.95. The zero-order valence-electron chi connectivity index (χ0n) is 10.2. The Bertz CT molecular complexity index is 534. The van der Waals surface area contributed by atoms with Gasteiger partial charge in [0.1, 0.15) is 5.75 Å². The lowest BCUT2D eigenvalue weighted by Gasteiger charge is -2.07. The van der Waals surface area contributed by atoms with Crippen molar-refractivity contribution in [2.45, 2.75) is 29.0 Å². The van der Waals surface area contributed by atoms with Gasteiger partial charge in [0, 0.05) is 10.4 Å². The van der Waals surface area contributed by atoms with Crippen LogP contribution in [0.25, 0.3) is 0 Å². The van der Waals surface area contributed by atoms with E-state index in [1.807, 2.05) is 12.1 Å². The Morgan fingerprint density at radius 3 is 3.05 bits per heavy atom. The number of benzene rings is 1. The van der Waals surface area contributed by atoms with Crippen molar-refractivity contribution in [3.63, 3.8) is 0 Å². The Hall–Kier alpha value is -0.850. The van der Waals surface area contributed by atoms with Crippen molar-refractivity contribution in [3.05, 3.63) is 29.8 Å². The Kier molecular flexibility index (Phi) is 3.91. The summed E-state index contributed by atoms with van der Waals surface area (Å²) in [4.78, 5) is 5.24. The second-order valence-corrected chi connectivity index (χ2v) is 7.05. The first kappa shape index (κ1) is 13.1. The van der Waals surface area contributed by atoms with Crippen LogP contribution < -0.4 is 5.43 Å². The number of amidine groups is 1. The van der Waals surface area contributed by atoms with Gasteiger partial charge in [-0.25, -0.2) is 4.99 Å². The number of aromatic hydroxyl groups is 1. The molecule has 6 heteroatoms. The van der Waals surface area contributed by atoms with Crippen LogP contribution >= 0.6 is 27.7 Å². The number of fused-ring (bicyclic) bond motifs is 1. The van der Waals surface area contributed by atoms with E-state index in [0.29, 0.717) is 16.1 Å². The van der Waals surface area contributed by atoms with Crippen LogP contribution in [0, 0.1) is 0 Å². The molecule has 1 aliphatic carbocycles. The van der Waals surface area contributed by atoms with Gasteiger partial charge in [0.15, 0.2) is 0 Å². The summed E-state index contributed by atoms with van der Waals surface area (Å²) < 4.78 is 0. The summed E-state index contributed by atoms with van der Waals surface area (Å²) in [6, 6.07) is 7.61. The SMILES string of the molecule is Oc1ccccc1/C=N/[NH2+]C1=NC2CCC(Br)C2S1. The van der Waals surface area contributed by atoms with E-state index < -0.39 is 0 Å². The first-order valence-corrected chi connectivity index (χ1v) is 8.06. The third-order valence-electron chi connectivity index (χ3n) is 3.36. The van der Waals surface area contributed by atoms with Gasteiger partial charge in [0.2, 0.25) is 0 Å². The molecule has 3 unspecified atom stereocenters. The number of quaternary nitrogens is 1. The molecule has 100 valence electrons. The monoisotopic (exact) mass is 340 g/mol. The average molecular weight is 341 g/mol. The van der Waals surface area contributed by atoms with Crippen molar-refractivity contribution in [3.8, 4) is 5.75 Å². The number of hydrogen-bond donors (Lipinski definition) is 2. The van der Waals surface area contributed by atoms with Crippen LogP contribution in [-0.4, -0.2) is 32.6 Å². The van der Waals surface area contributed by atoms with Crippen LogP contribution in [0.2, 0.25) is 0 Å². The molecule has 0 bridgehead atoms. The number of halogens is 1. The van der Waals surface area contributed by atoms with E-state index in [-0.39, 0.29) is 5.75 Å². The zero-order valence-corrected chi connectivity index (χ0v) is 12.6. The number of aliphatic imine (C=N–C) groups is 1. The Morgan fingerprint density at radius 2 is 2.26 bits per heavy atom. The van der Waals surface area contributed by atoms with Crippen LogP contribution in [0.3, 0.4) is 0 Å². The maximum Gasteiger partial charge on any atom is 0.283 e. The van der Waals surface area contributed by atoms with Crippen LogP contribution in [0.1, 0.15) is 18.4 Å². The maximum absolute atomic E-state index is 9.62. The van der Waals surface area contributed by atoms with Gasteiger partial charge >= 0.3 is 0 Å². The van der Waals surface area contributed by atoms with E-state index in [1.165, 1.54) is 6.42 Å². The van der Waals surface area contributed by atoms with Gasteiger partial charge in [-0.1, -0.05) is 33.2 Å². The fraction of sp³-hybridized carbons (Fsp3) is 0.385. The van der Waals surface area contributed by atoms with E-state index in [9.17, 15) is 5.11 Å². The highest BCUT2D eigenvalue weighted by Gasteiger charge is 2.42. The summed E-state index contributed by atoms with van der Waals surface area (Å²) >= 11 is 5.51. The fourth-order valence-electron chi connectivity index (χ4n) is 2.37. The van der Waals surface area contributed by atoms with Gasteiger partial charge in [-0.3, -0.25) is 0 Å². The molecule has 1 aliphatic heterocycles. The molecule has 3 N–H and O–H groups in total. The molecule has 0 saturated heterocycles. The molecule has 19 heavy (non-hydrogen) atoms. The van der Waals surface area contributed by atoms with Crippen LogP contribution in [0.15, 0.2) is 34.4 Å². The van der Waals surface area contributed by atoms with E-state index in [0.717, 1.165) is 17.2 Å². The van der Waals surface area contributed by atoms with Crippen LogP contribution in [0.5, 0.6) is 5.75 Å². The van der Waals surface area contributed by atoms with E-state index in [4.69, 9.17) is 0 Å². The van der Waals surface area contributed by atoms with Gasteiger partial charge < -0.3 is 5.11 Å². The second-order valence-electron chi connectivity index (χ2n) is 4.68. The first-order valence-electron chi connectivity index (χ1n) is 6.27. The molecule has 0 radical (unpaired) electrons. The maximum atomic E-state index is 9.62. The predicted octanol–water partition coefficient (Wildman–Crippen LogP) is 1.69. The highest BCUT2D eigenvalue weighted by Crippen LogP contribution is 2.40. The van der Waals surface area contributed by atoms with Crippen molar-refractivity contribution in [2.24, 2.45) is 10.1 Å². The summed E-state index contributed by atoms with van der Waals surface area (Å²) in [5.41, 5.74) is 2.51. The molecular formula is C13H15BrN3OS+. The van der Waals surface area contributed by atoms with Crippen molar-refractivity contribution >= 4 is 39.1 Å². The molecule has 3 rings (SSSR count). The van der Waals surface area contributed by atoms with Crippen molar-refractivity contribution in [1.82, 2.24) is 0 Å². The first-order chi connectivity index (χ1) is 9.24. The number of nitrogens with zero attached hydrogens (tertiary/aromatic N) is 2. The largest absolute Gasteiger partial charge is 0.507 e. The van der Waals surface area contributed by atoms with Gasteiger partial charge in [-0.15, -0.1) is 0 Å². The third kappa shape index (κ3) is 2.85. The molecule has 0 amide bonds. The van der Waals surface area contributed by atoms with Crippen molar-refractivity contribution in [1.29, 1.82) is 0 Å². The number of alkyl halides is 1. The molecule has 1 saturated carbocycles. The molecule has 1 aromatic rings. The van der Waals surface area contributed by atoms with Gasteiger partial charge in [-0.2, -0.15) is 5.43 Å². The number of hydrogen-bond acceptors (Lipinski definition) is 4. The zero-order chi connectivity index (χ0) is 13.2. The van der Waals surface area contributed by atoms with E-state index in [2.05, 4.69) is 26.0 Å². The Balaban J connectivity index is 1.61. The molecule has 1 heterocycles.